The fraction of sp³-hybridized carbons (Fsp3) is 0.526. The number of amides is 1. The maximum absolute atomic E-state index is 12.7. The molecule has 2 aromatic rings. The molecule has 0 spiro atoms. The zero-order valence-corrected chi connectivity index (χ0v) is 16.7. The summed E-state index contributed by atoms with van der Waals surface area (Å²) in [6, 6.07) is 3.60. The van der Waals surface area contributed by atoms with Gasteiger partial charge in [0.1, 0.15) is 5.15 Å². The van der Waals surface area contributed by atoms with E-state index in [1.165, 1.54) is 5.01 Å². The Morgan fingerprint density at radius 3 is 2.48 bits per heavy atom. The topological polar surface area (TPSA) is 46.1 Å². The molecule has 3 heterocycles. The Bertz CT molecular complexity index is 773. The highest BCUT2D eigenvalue weighted by Crippen LogP contribution is 2.33. The van der Waals surface area contributed by atoms with Crippen LogP contribution < -0.4 is 0 Å². The molecule has 1 fully saturated rings. The molecule has 0 aliphatic carbocycles. The lowest BCUT2D eigenvalue weighted by Gasteiger charge is -2.31. The number of hydrogen-bond donors (Lipinski definition) is 0. The van der Waals surface area contributed by atoms with E-state index in [1.54, 1.807) is 17.4 Å². The molecular weight excluding hydrogens is 354 g/mol. The normalized spacial score (nSPS) is 16.3. The molecule has 25 heavy (non-hydrogen) atoms. The highest BCUT2D eigenvalue weighted by atomic mass is 35.5. The van der Waals surface area contributed by atoms with E-state index in [0.29, 0.717) is 16.6 Å². The fourth-order valence-corrected chi connectivity index (χ4v) is 4.50. The quantitative estimate of drug-likeness (QED) is 0.705. The van der Waals surface area contributed by atoms with Crippen molar-refractivity contribution in [3.63, 3.8) is 0 Å². The van der Waals surface area contributed by atoms with Gasteiger partial charge in [0.05, 0.1) is 16.3 Å². The summed E-state index contributed by atoms with van der Waals surface area (Å²) in [7, 11) is 0. The van der Waals surface area contributed by atoms with Crippen LogP contribution in [0.1, 0.15) is 66.3 Å². The monoisotopic (exact) mass is 377 g/mol. The standard InChI is InChI=1S/C19H24ClN3OS/c1-12-5-6-14(16(20)21-12)18(24)23-9-7-13(8-10-23)17-22-15(11-25-17)19(2,3)4/h5-6,11,13H,7-10H2,1-4H3. The van der Waals surface area contributed by atoms with E-state index in [4.69, 9.17) is 16.6 Å². The second-order valence-corrected chi connectivity index (χ2v) is 8.93. The molecule has 0 unspecified atom stereocenters. The number of hydrogen-bond acceptors (Lipinski definition) is 4. The number of carbonyl (C=O) groups excluding carboxylic acids is 1. The van der Waals surface area contributed by atoms with Crippen LogP contribution in [-0.4, -0.2) is 33.9 Å². The van der Waals surface area contributed by atoms with Crippen LogP contribution >= 0.6 is 22.9 Å². The number of aryl methyl sites for hydroxylation is 1. The highest BCUT2D eigenvalue weighted by molar-refractivity contribution is 7.09. The minimum atomic E-state index is -0.0227. The molecular formula is C19H24ClN3OS. The van der Waals surface area contributed by atoms with Gasteiger partial charge < -0.3 is 4.90 Å². The van der Waals surface area contributed by atoms with Crippen molar-refractivity contribution in [2.75, 3.05) is 13.1 Å². The van der Waals surface area contributed by atoms with Gasteiger partial charge in [0, 0.05) is 35.5 Å². The van der Waals surface area contributed by atoms with Gasteiger partial charge in [-0.15, -0.1) is 11.3 Å². The number of pyridine rings is 1. The Morgan fingerprint density at radius 1 is 1.24 bits per heavy atom. The van der Waals surface area contributed by atoms with Gasteiger partial charge in [-0.3, -0.25) is 4.79 Å². The van der Waals surface area contributed by atoms with Crippen LogP contribution in [-0.2, 0) is 5.41 Å². The van der Waals surface area contributed by atoms with E-state index in [9.17, 15) is 4.79 Å². The van der Waals surface area contributed by atoms with Crippen LogP contribution in [0.5, 0.6) is 0 Å². The van der Waals surface area contributed by atoms with E-state index in [0.717, 1.165) is 37.3 Å². The molecule has 0 atom stereocenters. The zero-order chi connectivity index (χ0) is 18.2. The van der Waals surface area contributed by atoms with Gasteiger partial charge in [-0.2, -0.15) is 0 Å². The molecule has 0 radical (unpaired) electrons. The third-order valence-electron chi connectivity index (χ3n) is 4.64. The van der Waals surface area contributed by atoms with Crippen molar-refractivity contribution in [2.45, 2.75) is 51.9 Å². The molecule has 0 aromatic carbocycles. The number of carbonyl (C=O) groups is 1. The number of nitrogens with zero attached hydrogens (tertiary/aromatic N) is 3. The molecule has 0 N–H and O–H groups in total. The smallest absolute Gasteiger partial charge is 0.256 e. The summed E-state index contributed by atoms with van der Waals surface area (Å²) >= 11 is 7.89. The zero-order valence-electron chi connectivity index (χ0n) is 15.2. The molecule has 6 heteroatoms. The SMILES string of the molecule is Cc1ccc(C(=O)N2CCC(c3nc(C(C)(C)C)cs3)CC2)c(Cl)n1. The summed E-state index contributed by atoms with van der Waals surface area (Å²) in [5, 5.41) is 3.67. The maximum atomic E-state index is 12.7. The average molecular weight is 378 g/mol. The van der Waals surface area contributed by atoms with Crippen LogP contribution in [0.4, 0.5) is 0 Å². The van der Waals surface area contributed by atoms with Crippen LogP contribution in [0.25, 0.3) is 0 Å². The van der Waals surface area contributed by atoms with Crippen LogP contribution in [0.3, 0.4) is 0 Å². The Kier molecular flexibility index (Phi) is 5.16. The van der Waals surface area contributed by atoms with Crippen LogP contribution in [0.15, 0.2) is 17.5 Å². The summed E-state index contributed by atoms with van der Waals surface area (Å²) < 4.78 is 0. The van der Waals surface area contributed by atoms with Crippen molar-refractivity contribution >= 4 is 28.8 Å². The van der Waals surface area contributed by atoms with Crippen molar-refractivity contribution < 1.29 is 4.79 Å². The van der Waals surface area contributed by atoms with E-state index >= 15 is 0 Å². The molecule has 134 valence electrons. The van der Waals surface area contributed by atoms with Crippen molar-refractivity contribution in [3.8, 4) is 0 Å². The lowest BCUT2D eigenvalue weighted by Crippen LogP contribution is -2.38. The average Bonchev–Trinajstić information content (AvgIpc) is 3.05. The van der Waals surface area contributed by atoms with Crippen molar-refractivity contribution in [1.29, 1.82) is 0 Å². The number of halogens is 1. The maximum Gasteiger partial charge on any atom is 0.256 e. The number of thiazole rings is 1. The lowest BCUT2D eigenvalue weighted by atomic mass is 9.93. The molecule has 4 nitrogen and oxygen atoms in total. The first-order valence-electron chi connectivity index (χ1n) is 8.64. The summed E-state index contributed by atoms with van der Waals surface area (Å²) in [4.78, 5) is 23.6. The Hall–Kier alpha value is -1.46. The van der Waals surface area contributed by atoms with E-state index in [-0.39, 0.29) is 11.3 Å². The number of likely N-dealkylation sites (tertiary alicyclic amines) is 1. The van der Waals surface area contributed by atoms with Gasteiger partial charge in [0.25, 0.3) is 5.91 Å². The predicted octanol–water partition coefficient (Wildman–Crippen LogP) is 4.82. The number of rotatable bonds is 2. The number of aromatic nitrogens is 2. The van der Waals surface area contributed by atoms with Gasteiger partial charge in [0.2, 0.25) is 0 Å². The van der Waals surface area contributed by atoms with Gasteiger partial charge >= 0.3 is 0 Å². The van der Waals surface area contributed by atoms with Gasteiger partial charge in [-0.1, -0.05) is 32.4 Å². The molecule has 1 aliphatic rings. The first-order chi connectivity index (χ1) is 11.8. The summed E-state index contributed by atoms with van der Waals surface area (Å²) in [6.45, 7) is 9.90. The highest BCUT2D eigenvalue weighted by Gasteiger charge is 2.28. The summed E-state index contributed by atoms with van der Waals surface area (Å²) in [5.74, 6) is 0.419. The first-order valence-corrected chi connectivity index (χ1v) is 9.90. The fourth-order valence-electron chi connectivity index (χ4n) is 3.00. The van der Waals surface area contributed by atoms with Crippen molar-refractivity contribution in [2.24, 2.45) is 0 Å². The first kappa shape index (κ1) is 18.3. The van der Waals surface area contributed by atoms with Gasteiger partial charge in [-0.25, -0.2) is 9.97 Å². The van der Waals surface area contributed by atoms with E-state index < -0.39 is 0 Å². The largest absolute Gasteiger partial charge is 0.339 e. The summed E-state index contributed by atoms with van der Waals surface area (Å²) in [5.41, 5.74) is 2.55. The Balaban J connectivity index is 1.65. The minimum absolute atomic E-state index is 0.0227. The summed E-state index contributed by atoms with van der Waals surface area (Å²) in [6.07, 6.45) is 1.89. The third kappa shape index (κ3) is 4.04. The molecule has 0 saturated carbocycles. The third-order valence-corrected chi connectivity index (χ3v) is 5.94. The van der Waals surface area contributed by atoms with Crippen LogP contribution in [0, 0.1) is 6.92 Å². The second kappa shape index (κ2) is 7.04. The van der Waals surface area contributed by atoms with E-state index in [1.807, 2.05) is 17.9 Å². The van der Waals surface area contributed by atoms with Gasteiger partial charge in [0.15, 0.2) is 0 Å². The Labute approximate surface area is 158 Å². The van der Waals surface area contributed by atoms with E-state index in [2.05, 4.69) is 31.1 Å². The second-order valence-electron chi connectivity index (χ2n) is 7.68. The molecule has 3 rings (SSSR count). The lowest BCUT2D eigenvalue weighted by molar-refractivity contribution is 0.0712. The number of piperidine rings is 1. The molecule has 1 aliphatic heterocycles. The molecule has 1 saturated heterocycles. The Morgan fingerprint density at radius 2 is 1.92 bits per heavy atom. The van der Waals surface area contributed by atoms with Crippen LogP contribution in [0.2, 0.25) is 5.15 Å². The molecule has 1 amide bonds. The molecule has 2 aromatic heterocycles. The van der Waals surface area contributed by atoms with Gasteiger partial charge in [-0.05, 0) is 31.9 Å². The van der Waals surface area contributed by atoms with Crippen molar-refractivity contribution in [1.82, 2.24) is 14.9 Å². The predicted molar refractivity (Wildman–Crippen MR) is 103 cm³/mol. The van der Waals surface area contributed by atoms with Crippen molar-refractivity contribution in [3.05, 3.63) is 44.6 Å². The minimum Gasteiger partial charge on any atom is -0.339 e. The molecule has 0 bridgehead atoms.